The van der Waals surface area contributed by atoms with Crippen LogP contribution in [0.2, 0.25) is 0 Å². The average molecular weight is 305 g/mol. The second-order valence-electron chi connectivity index (χ2n) is 5.51. The van der Waals surface area contributed by atoms with Crippen molar-refractivity contribution in [1.82, 2.24) is 5.32 Å². The van der Waals surface area contributed by atoms with Crippen LogP contribution in [0.1, 0.15) is 55.4 Å². The Kier molecular flexibility index (Phi) is 5.49. The van der Waals surface area contributed by atoms with Crippen LogP contribution in [0, 0.1) is 0 Å². The number of halogens is 3. The van der Waals surface area contributed by atoms with Gasteiger partial charge in [0.15, 0.2) is 0 Å². The lowest BCUT2D eigenvalue weighted by Crippen LogP contribution is -2.37. The van der Waals surface area contributed by atoms with E-state index in [0.717, 1.165) is 32.2 Å². The molecule has 0 bridgehead atoms. The molecule has 1 aromatic heterocycles. The third-order valence-electron chi connectivity index (χ3n) is 3.98. The van der Waals surface area contributed by atoms with Crippen LogP contribution in [0.3, 0.4) is 0 Å². The van der Waals surface area contributed by atoms with E-state index in [-0.39, 0.29) is 18.4 Å². The Morgan fingerprint density at radius 3 is 2.95 bits per heavy atom. The highest BCUT2D eigenvalue weighted by Gasteiger charge is 2.33. The van der Waals surface area contributed by atoms with Gasteiger partial charge in [0.1, 0.15) is 0 Å². The van der Waals surface area contributed by atoms with Crippen LogP contribution in [-0.2, 0) is 6.42 Å². The van der Waals surface area contributed by atoms with Gasteiger partial charge in [-0.05, 0) is 55.7 Å². The van der Waals surface area contributed by atoms with Crippen molar-refractivity contribution in [3.63, 3.8) is 0 Å². The Balaban J connectivity index is 2.07. The average Bonchev–Trinajstić information content (AvgIpc) is 2.86. The quantitative estimate of drug-likeness (QED) is 0.790. The van der Waals surface area contributed by atoms with E-state index in [1.165, 1.54) is 10.4 Å². The van der Waals surface area contributed by atoms with Gasteiger partial charge in [0.05, 0.1) is 0 Å². The summed E-state index contributed by atoms with van der Waals surface area (Å²) in [6.07, 6.45) is -0.432. The lowest BCUT2D eigenvalue weighted by molar-refractivity contribution is -0.137. The molecule has 0 saturated carbocycles. The molecule has 20 heavy (non-hydrogen) atoms. The lowest BCUT2D eigenvalue weighted by Gasteiger charge is -2.32. The Bertz CT molecular complexity index is 413. The predicted octanol–water partition coefficient (Wildman–Crippen LogP) is 4.88. The molecule has 5 heteroatoms. The molecule has 0 spiro atoms. The Hall–Kier alpha value is -0.550. The van der Waals surface area contributed by atoms with Gasteiger partial charge < -0.3 is 5.32 Å². The van der Waals surface area contributed by atoms with Crippen molar-refractivity contribution in [2.75, 3.05) is 6.54 Å². The van der Waals surface area contributed by atoms with Crippen LogP contribution in [-0.4, -0.2) is 18.8 Å². The molecule has 2 rings (SSSR count). The third-order valence-corrected chi connectivity index (χ3v) is 4.98. The summed E-state index contributed by atoms with van der Waals surface area (Å²) in [5.41, 5.74) is 1.29. The molecule has 1 aliphatic rings. The van der Waals surface area contributed by atoms with Gasteiger partial charge in [0.2, 0.25) is 0 Å². The highest BCUT2D eigenvalue weighted by atomic mass is 32.1. The van der Waals surface area contributed by atoms with Crippen molar-refractivity contribution in [2.24, 2.45) is 0 Å². The highest BCUT2D eigenvalue weighted by molar-refractivity contribution is 7.10. The van der Waals surface area contributed by atoms with E-state index in [1.54, 1.807) is 11.3 Å². The number of hydrogen-bond acceptors (Lipinski definition) is 2. The molecule has 1 aliphatic carbocycles. The molecule has 0 saturated heterocycles. The van der Waals surface area contributed by atoms with Gasteiger partial charge in [0.25, 0.3) is 0 Å². The fourth-order valence-corrected chi connectivity index (χ4v) is 4.03. The predicted molar refractivity (Wildman–Crippen MR) is 77.4 cm³/mol. The number of aryl methyl sites for hydroxylation is 1. The normalized spacial score (nSPS) is 20.7. The molecule has 2 unspecified atom stereocenters. The van der Waals surface area contributed by atoms with E-state index >= 15 is 0 Å². The molecule has 114 valence electrons. The van der Waals surface area contributed by atoms with E-state index in [4.69, 9.17) is 0 Å². The lowest BCUT2D eigenvalue weighted by atomic mass is 9.81. The van der Waals surface area contributed by atoms with Crippen LogP contribution >= 0.6 is 11.3 Å². The summed E-state index contributed by atoms with van der Waals surface area (Å²) < 4.78 is 37.5. The summed E-state index contributed by atoms with van der Waals surface area (Å²) in [6, 6.07) is 2.06. The largest absolute Gasteiger partial charge is 0.389 e. The van der Waals surface area contributed by atoms with Gasteiger partial charge >= 0.3 is 6.18 Å². The molecule has 1 heterocycles. The SMILES string of the molecule is CCCNC(CCC(F)(F)F)C1CCCc2sccc21. The van der Waals surface area contributed by atoms with Crippen molar-refractivity contribution in [1.29, 1.82) is 0 Å². The van der Waals surface area contributed by atoms with Gasteiger partial charge in [-0.3, -0.25) is 0 Å². The first-order chi connectivity index (χ1) is 9.51. The minimum Gasteiger partial charge on any atom is -0.313 e. The maximum atomic E-state index is 12.5. The Labute approximate surface area is 122 Å². The van der Waals surface area contributed by atoms with E-state index in [0.29, 0.717) is 0 Å². The summed E-state index contributed by atoms with van der Waals surface area (Å²) in [5.74, 6) is 0.249. The number of hydrogen-bond donors (Lipinski definition) is 1. The zero-order chi connectivity index (χ0) is 14.6. The maximum Gasteiger partial charge on any atom is 0.389 e. The summed E-state index contributed by atoms with van der Waals surface area (Å²) in [6.45, 7) is 2.84. The molecule has 0 fully saturated rings. The van der Waals surface area contributed by atoms with Crippen LogP contribution in [0.5, 0.6) is 0 Å². The van der Waals surface area contributed by atoms with E-state index < -0.39 is 12.6 Å². The van der Waals surface area contributed by atoms with Crippen LogP contribution in [0.15, 0.2) is 11.4 Å². The second kappa shape index (κ2) is 6.94. The molecule has 0 aliphatic heterocycles. The zero-order valence-electron chi connectivity index (χ0n) is 11.8. The van der Waals surface area contributed by atoms with Crippen molar-refractivity contribution in [3.8, 4) is 0 Å². The second-order valence-corrected chi connectivity index (χ2v) is 6.51. The van der Waals surface area contributed by atoms with Gasteiger partial charge in [-0.1, -0.05) is 6.92 Å². The van der Waals surface area contributed by atoms with Gasteiger partial charge in [0, 0.05) is 23.3 Å². The smallest absolute Gasteiger partial charge is 0.313 e. The topological polar surface area (TPSA) is 12.0 Å². The summed E-state index contributed by atoms with van der Waals surface area (Å²) in [7, 11) is 0. The first kappa shape index (κ1) is 15.8. The summed E-state index contributed by atoms with van der Waals surface area (Å²) in [5, 5.41) is 5.42. The van der Waals surface area contributed by atoms with Gasteiger partial charge in [-0.2, -0.15) is 13.2 Å². The number of fused-ring (bicyclic) bond motifs is 1. The molecule has 0 aromatic carbocycles. The fourth-order valence-electron chi connectivity index (χ4n) is 3.03. The number of thiophene rings is 1. The number of rotatable bonds is 6. The fraction of sp³-hybridized carbons (Fsp3) is 0.733. The van der Waals surface area contributed by atoms with Crippen molar-refractivity contribution >= 4 is 11.3 Å². The first-order valence-electron chi connectivity index (χ1n) is 7.37. The van der Waals surface area contributed by atoms with Crippen LogP contribution in [0.25, 0.3) is 0 Å². The van der Waals surface area contributed by atoms with Crippen LogP contribution in [0.4, 0.5) is 13.2 Å². The van der Waals surface area contributed by atoms with Gasteiger partial charge in [-0.25, -0.2) is 0 Å². The van der Waals surface area contributed by atoms with E-state index in [2.05, 4.69) is 16.8 Å². The minimum absolute atomic E-state index is 0.0507. The minimum atomic E-state index is -4.06. The molecule has 1 aromatic rings. The third kappa shape index (κ3) is 4.22. The van der Waals surface area contributed by atoms with E-state index in [1.807, 2.05) is 6.92 Å². The van der Waals surface area contributed by atoms with Crippen molar-refractivity contribution in [3.05, 3.63) is 21.9 Å². The van der Waals surface area contributed by atoms with Crippen molar-refractivity contribution in [2.45, 2.75) is 63.6 Å². The highest BCUT2D eigenvalue weighted by Crippen LogP contribution is 2.39. The molecule has 1 N–H and O–H groups in total. The molecular formula is C15H22F3NS. The summed E-state index contributed by atoms with van der Waals surface area (Å²) in [4.78, 5) is 1.37. The van der Waals surface area contributed by atoms with Gasteiger partial charge in [-0.15, -0.1) is 11.3 Å². The molecule has 0 amide bonds. The zero-order valence-corrected chi connectivity index (χ0v) is 12.6. The molecule has 0 radical (unpaired) electrons. The first-order valence-corrected chi connectivity index (χ1v) is 8.25. The van der Waals surface area contributed by atoms with Crippen molar-refractivity contribution < 1.29 is 13.2 Å². The Morgan fingerprint density at radius 2 is 2.25 bits per heavy atom. The molecule has 2 atom stereocenters. The van der Waals surface area contributed by atoms with Crippen LogP contribution < -0.4 is 5.32 Å². The maximum absolute atomic E-state index is 12.5. The van der Waals surface area contributed by atoms with E-state index in [9.17, 15) is 13.2 Å². The monoisotopic (exact) mass is 305 g/mol. The number of nitrogens with one attached hydrogen (secondary N) is 1. The molecular weight excluding hydrogens is 283 g/mol. The standard InChI is InChI=1S/C15H22F3NS/c1-2-9-19-13(6-8-15(16,17)18)11-4-3-5-14-12(11)7-10-20-14/h7,10-11,13,19H,2-6,8-9H2,1H3. The Morgan fingerprint density at radius 1 is 1.45 bits per heavy atom. The molecule has 1 nitrogen and oxygen atoms in total. The number of alkyl halides is 3. The summed E-state index contributed by atoms with van der Waals surface area (Å²) >= 11 is 1.74.